The Labute approximate surface area is 80.2 Å². The van der Waals surface area contributed by atoms with Gasteiger partial charge in [-0.05, 0) is 0 Å². The van der Waals surface area contributed by atoms with E-state index in [1.54, 1.807) is 0 Å². The first kappa shape index (κ1) is 8.78. The van der Waals surface area contributed by atoms with Crippen LogP contribution in [0.15, 0.2) is 30.3 Å². The molecule has 1 aliphatic rings. The van der Waals surface area contributed by atoms with Crippen LogP contribution in [0.25, 0.3) is 0 Å². The molecule has 0 nitrogen and oxygen atoms in total. The molecule has 11 heavy (non-hydrogen) atoms. The van der Waals surface area contributed by atoms with Crippen LogP contribution in [0.3, 0.4) is 0 Å². The molecule has 0 heterocycles. The zero-order valence-electron chi connectivity index (χ0n) is 6.96. The second kappa shape index (κ2) is 3.90. The minimum atomic E-state index is 0. The largest absolute Gasteiger partial charge is 1.00 e. The summed E-state index contributed by atoms with van der Waals surface area (Å²) in [7, 11) is 0. The van der Waals surface area contributed by atoms with Gasteiger partial charge in [-0.2, -0.15) is 24.1 Å². The number of hydrogen-bond donors (Lipinski definition) is 0. The first-order valence-electron chi connectivity index (χ1n) is 3.85. The maximum absolute atomic E-state index is 2.36. The van der Waals surface area contributed by atoms with Crippen LogP contribution in [0.4, 0.5) is 0 Å². The summed E-state index contributed by atoms with van der Waals surface area (Å²) in [5, 5.41) is 0. The first-order chi connectivity index (χ1) is 4.95. The molecular formula is C10H11Li. The summed E-state index contributed by atoms with van der Waals surface area (Å²) in [6.45, 7) is 0. The van der Waals surface area contributed by atoms with Crippen molar-refractivity contribution in [2.75, 3.05) is 0 Å². The van der Waals surface area contributed by atoms with Crippen molar-refractivity contribution in [2.45, 2.75) is 12.8 Å². The van der Waals surface area contributed by atoms with Gasteiger partial charge in [-0.25, -0.2) is 0 Å². The van der Waals surface area contributed by atoms with Crippen molar-refractivity contribution in [3.05, 3.63) is 42.3 Å². The van der Waals surface area contributed by atoms with Crippen molar-refractivity contribution in [1.29, 1.82) is 0 Å². The molecule has 1 saturated carbocycles. The minimum absolute atomic E-state index is 0. The van der Waals surface area contributed by atoms with Crippen LogP contribution in [-0.4, -0.2) is 0 Å². The van der Waals surface area contributed by atoms with Crippen molar-refractivity contribution >= 4 is 0 Å². The zero-order valence-corrected chi connectivity index (χ0v) is 6.96. The number of benzene rings is 1. The third-order valence-corrected chi connectivity index (χ3v) is 1.85. The van der Waals surface area contributed by atoms with Crippen molar-refractivity contribution in [3.8, 4) is 0 Å². The molecule has 1 aromatic carbocycles. The molecule has 0 radical (unpaired) electrons. The van der Waals surface area contributed by atoms with Gasteiger partial charge in [0.2, 0.25) is 0 Å². The molecule has 1 aromatic rings. The van der Waals surface area contributed by atoms with Crippen molar-refractivity contribution in [1.82, 2.24) is 0 Å². The van der Waals surface area contributed by atoms with Crippen molar-refractivity contribution in [2.24, 2.45) is 5.92 Å². The second-order valence-corrected chi connectivity index (χ2v) is 2.91. The van der Waals surface area contributed by atoms with E-state index in [-0.39, 0.29) is 18.9 Å². The molecule has 0 atom stereocenters. The van der Waals surface area contributed by atoms with E-state index in [1.807, 2.05) is 0 Å². The standard InChI is InChI=1S/C10H11.Li/c1-2-4-9(5-3-1)8-10-6-7-10;/h1-5,8,10H,6-7H2;/q-1;+1. The average Bonchev–Trinajstić information content (AvgIpc) is 2.74. The Hall–Kier alpha value is -0.313. The average molecular weight is 138 g/mol. The summed E-state index contributed by atoms with van der Waals surface area (Å²) in [4.78, 5) is 0. The van der Waals surface area contributed by atoms with Gasteiger partial charge >= 0.3 is 18.9 Å². The zero-order chi connectivity index (χ0) is 6.81. The molecule has 1 fully saturated rings. The molecule has 1 aliphatic carbocycles. The van der Waals surface area contributed by atoms with Crippen molar-refractivity contribution in [3.63, 3.8) is 0 Å². The van der Waals surface area contributed by atoms with Gasteiger partial charge in [0.25, 0.3) is 0 Å². The van der Waals surface area contributed by atoms with E-state index in [9.17, 15) is 0 Å². The Morgan fingerprint density at radius 2 is 1.73 bits per heavy atom. The summed E-state index contributed by atoms with van der Waals surface area (Å²) in [6, 6.07) is 10.6. The van der Waals surface area contributed by atoms with Gasteiger partial charge in [-0.3, -0.25) is 0 Å². The normalized spacial score (nSPS) is 15.3. The molecule has 0 bridgehead atoms. The van der Waals surface area contributed by atoms with Crippen LogP contribution < -0.4 is 18.9 Å². The second-order valence-electron chi connectivity index (χ2n) is 2.91. The van der Waals surface area contributed by atoms with E-state index in [1.165, 1.54) is 18.4 Å². The molecule has 0 spiro atoms. The van der Waals surface area contributed by atoms with Gasteiger partial charge in [0.05, 0.1) is 0 Å². The van der Waals surface area contributed by atoms with Gasteiger partial charge < -0.3 is 0 Å². The summed E-state index contributed by atoms with van der Waals surface area (Å²) in [6.07, 6.45) is 5.16. The van der Waals surface area contributed by atoms with Crippen LogP contribution in [0.2, 0.25) is 0 Å². The Morgan fingerprint density at radius 1 is 1.09 bits per heavy atom. The third-order valence-electron chi connectivity index (χ3n) is 1.85. The summed E-state index contributed by atoms with van der Waals surface area (Å²) >= 11 is 0. The van der Waals surface area contributed by atoms with Gasteiger partial charge in [-0.1, -0.05) is 24.8 Å². The van der Waals surface area contributed by atoms with Gasteiger partial charge in [0.15, 0.2) is 0 Å². The fourth-order valence-electron chi connectivity index (χ4n) is 1.10. The monoisotopic (exact) mass is 138 g/mol. The van der Waals surface area contributed by atoms with Crippen LogP contribution >= 0.6 is 0 Å². The first-order valence-corrected chi connectivity index (χ1v) is 3.85. The molecule has 0 aliphatic heterocycles. The minimum Gasteiger partial charge on any atom is -0.192 e. The topological polar surface area (TPSA) is 0 Å². The maximum Gasteiger partial charge on any atom is 1.00 e. The predicted octanol–water partition coefficient (Wildman–Crippen LogP) is -0.347. The van der Waals surface area contributed by atoms with E-state index in [0.717, 1.165) is 5.92 Å². The molecule has 0 aromatic heterocycles. The molecule has 0 N–H and O–H groups in total. The van der Waals surface area contributed by atoms with E-state index >= 15 is 0 Å². The fourth-order valence-corrected chi connectivity index (χ4v) is 1.10. The van der Waals surface area contributed by atoms with Gasteiger partial charge in [0, 0.05) is 0 Å². The summed E-state index contributed by atoms with van der Waals surface area (Å²) in [5.41, 5.74) is 1.38. The van der Waals surface area contributed by atoms with Crippen molar-refractivity contribution < 1.29 is 18.9 Å². The van der Waals surface area contributed by atoms with Crippen LogP contribution in [0.5, 0.6) is 0 Å². The Kier molecular flexibility index (Phi) is 3.12. The Bertz CT molecular complexity index is 201. The molecule has 0 unspecified atom stereocenters. The maximum atomic E-state index is 2.36. The quantitative estimate of drug-likeness (QED) is 0.387. The Morgan fingerprint density at radius 3 is 2.27 bits per heavy atom. The predicted molar refractivity (Wildman–Crippen MR) is 42.6 cm³/mol. The smallest absolute Gasteiger partial charge is 0.192 e. The van der Waals surface area contributed by atoms with Crippen LogP contribution in [0.1, 0.15) is 18.4 Å². The molecule has 52 valence electrons. The van der Waals surface area contributed by atoms with Gasteiger partial charge in [0.1, 0.15) is 0 Å². The molecule has 2 rings (SSSR count). The SMILES string of the molecule is [Li+].c1ccc([CH-]C2CC2)cc1. The van der Waals surface area contributed by atoms with E-state index in [4.69, 9.17) is 0 Å². The van der Waals surface area contributed by atoms with E-state index < -0.39 is 0 Å². The molecule has 1 heteroatoms. The van der Waals surface area contributed by atoms with Crippen LogP contribution in [-0.2, 0) is 0 Å². The number of rotatable bonds is 2. The molecule has 0 saturated heterocycles. The van der Waals surface area contributed by atoms with E-state index in [2.05, 4.69) is 36.8 Å². The number of hydrogen-bond acceptors (Lipinski definition) is 0. The third kappa shape index (κ3) is 2.65. The van der Waals surface area contributed by atoms with Crippen LogP contribution in [0, 0.1) is 12.3 Å². The summed E-state index contributed by atoms with van der Waals surface area (Å²) < 4.78 is 0. The molecule has 0 amide bonds. The molecular weight excluding hydrogens is 127 g/mol. The summed E-state index contributed by atoms with van der Waals surface area (Å²) in [5.74, 6) is 0.891. The Balaban J connectivity index is 0.000000605. The van der Waals surface area contributed by atoms with Gasteiger partial charge in [-0.15, -0.1) is 12.1 Å². The van der Waals surface area contributed by atoms with E-state index in [0.29, 0.717) is 0 Å². The fraction of sp³-hybridized carbons (Fsp3) is 0.300.